The van der Waals surface area contributed by atoms with Gasteiger partial charge in [0.25, 0.3) is 0 Å². The third kappa shape index (κ3) is 6.56. The number of hydrogen-bond donors (Lipinski definition) is 0. The fourth-order valence-corrected chi connectivity index (χ4v) is 1.53. The Kier molecular flexibility index (Phi) is 6.80. The highest BCUT2D eigenvalue weighted by Crippen LogP contribution is 2.02. The van der Waals surface area contributed by atoms with Gasteiger partial charge in [-0.3, -0.25) is 4.79 Å². The molecule has 0 aliphatic heterocycles. The molecule has 0 spiro atoms. The van der Waals surface area contributed by atoms with Crippen molar-refractivity contribution >= 4 is 5.97 Å². The smallest absolute Gasteiger partial charge is 0.305 e. The van der Waals surface area contributed by atoms with E-state index in [9.17, 15) is 4.79 Å². The molecule has 0 heterocycles. The van der Waals surface area contributed by atoms with Crippen molar-refractivity contribution < 1.29 is 9.53 Å². The normalized spacial score (nSPS) is 10.6. The van der Waals surface area contributed by atoms with E-state index in [4.69, 9.17) is 4.74 Å². The molecule has 2 heteroatoms. The predicted molar refractivity (Wildman–Crippen MR) is 69.8 cm³/mol. The first kappa shape index (κ1) is 13.5. The minimum Gasteiger partial charge on any atom is -0.465 e. The van der Waals surface area contributed by atoms with Gasteiger partial charge in [-0.2, -0.15) is 0 Å². The van der Waals surface area contributed by atoms with E-state index in [1.807, 2.05) is 43.3 Å². The fraction of sp³-hybridized carbons (Fsp3) is 0.400. The van der Waals surface area contributed by atoms with Crippen molar-refractivity contribution in [2.24, 2.45) is 0 Å². The second kappa shape index (κ2) is 8.57. The van der Waals surface area contributed by atoms with Crippen LogP contribution < -0.4 is 0 Å². The Morgan fingerprint density at radius 2 is 2.06 bits per heavy atom. The summed E-state index contributed by atoms with van der Waals surface area (Å²) in [6, 6.07) is 10.1. The predicted octanol–water partition coefficient (Wildman–Crippen LogP) is 3.52. The summed E-state index contributed by atoms with van der Waals surface area (Å²) in [4.78, 5) is 11.4. The SMILES string of the molecule is CC=CCCCC(=O)OCCc1ccccc1. The van der Waals surface area contributed by atoms with Crippen molar-refractivity contribution in [1.82, 2.24) is 0 Å². The number of carbonyl (C=O) groups is 1. The van der Waals surface area contributed by atoms with Gasteiger partial charge in [-0.15, -0.1) is 0 Å². The number of allylic oxidation sites excluding steroid dienone is 2. The summed E-state index contributed by atoms with van der Waals surface area (Å²) >= 11 is 0. The van der Waals surface area contributed by atoms with Gasteiger partial charge in [0.15, 0.2) is 0 Å². The number of benzene rings is 1. The average Bonchev–Trinajstić information content (AvgIpc) is 2.36. The Bertz CT molecular complexity index is 341. The third-order valence-electron chi connectivity index (χ3n) is 2.48. The lowest BCUT2D eigenvalue weighted by Crippen LogP contribution is -2.07. The van der Waals surface area contributed by atoms with Gasteiger partial charge in [0.2, 0.25) is 0 Å². The van der Waals surface area contributed by atoms with Crippen LogP contribution in [0.1, 0.15) is 31.7 Å². The number of ether oxygens (including phenoxy) is 1. The molecule has 92 valence electrons. The summed E-state index contributed by atoms with van der Waals surface area (Å²) < 4.78 is 5.16. The van der Waals surface area contributed by atoms with Crippen LogP contribution in [-0.2, 0) is 16.0 Å². The van der Waals surface area contributed by atoms with Crippen molar-refractivity contribution in [2.75, 3.05) is 6.61 Å². The van der Waals surface area contributed by atoms with Gasteiger partial charge in [-0.25, -0.2) is 0 Å². The lowest BCUT2D eigenvalue weighted by molar-refractivity contribution is -0.143. The molecule has 2 nitrogen and oxygen atoms in total. The first-order chi connectivity index (χ1) is 8.33. The molecular weight excluding hydrogens is 212 g/mol. The summed E-state index contributed by atoms with van der Waals surface area (Å²) in [6.45, 7) is 2.46. The molecule has 0 unspecified atom stereocenters. The Morgan fingerprint density at radius 3 is 2.76 bits per heavy atom. The van der Waals surface area contributed by atoms with Gasteiger partial charge in [0, 0.05) is 12.8 Å². The molecule has 0 aliphatic rings. The molecule has 0 radical (unpaired) electrons. The molecule has 0 amide bonds. The fourth-order valence-electron chi connectivity index (χ4n) is 1.53. The van der Waals surface area contributed by atoms with Crippen LogP contribution in [0, 0.1) is 0 Å². The first-order valence-electron chi connectivity index (χ1n) is 6.13. The Labute approximate surface area is 103 Å². The van der Waals surface area contributed by atoms with Gasteiger partial charge < -0.3 is 4.74 Å². The topological polar surface area (TPSA) is 26.3 Å². The highest BCUT2D eigenvalue weighted by molar-refractivity contribution is 5.69. The Hall–Kier alpha value is -1.57. The highest BCUT2D eigenvalue weighted by Gasteiger charge is 2.01. The van der Waals surface area contributed by atoms with Gasteiger partial charge in [0.05, 0.1) is 6.61 Å². The third-order valence-corrected chi connectivity index (χ3v) is 2.48. The minimum atomic E-state index is -0.0922. The molecule has 0 aliphatic carbocycles. The van der Waals surface area contributed by atoms with Crippen LogP contribution in [0.2, 0.25) is 0 Å². The van der Waals surface area contributed by atoms with E-state index in [0.717, 1.165) is 19.3 Å². The van der Waals surface area contributed by atoms with Crippen LogP contribution in [0.3, 0.4) is 0 Å². The molecule has 17 heavy (non-hydrogen) atoms. The molecule has 0 aromatic heterocycles. The maximum Gasteiger partial charge on any atom is 0.305 e. The van der Waals surface area contributed by atoms with Gasteiger partial charge in [-0.05, 0) is 25.3 Å². The maximum absolute atomic E-state index is 11.4. The number of hydrogen-bond acceptors (Lipinski definition) is 2. The summed E-state index contributed by atoms with van der Waals surface area (Å²) in [5.74, 6) is -0.0922. The molecule has 1 aromatic carbocycles. The molecule has 1 rings (SSSR count). The van der Waals surface area contributed by atoms with Crippen molar-refractivity contribution in [3.63, 3.8) is 0 Å². The molecule has 0 N–H and O–H groups in total. The molecule has 1 aromatic rings. The van der Waals surface area contributed by atoms with Crippen LogP contribution in [0.25, 0.3) is 0 Å². The molecular formula is C15H20O2. The lowest BCUT2D eigenvalue weighted by atomic mass is 10.2. The Morgan fingerprint density at radius 1 is 1.29 bits per heavy atom. The van der Waals surface area contributed by atoms with Crippen LogP contribution in [0.15, 0.2) is 42.5 Å². The highest BCUT2D eigenvalue weighted by atomic mass is 16.5. The molecule has 0 bridgehead atoms. The zero-order valence-corrected chi connectivity index (χ0v) is 10.4. The second-order valence-electron chi connectivity index (χ2n) is 3.92. The van der Waals surface area contributed by atoms with Crippen molar-refractivity contribution in [2.45, 2.75) is 32.6 Å². The van der Waals surface area contributed by atoms with E-state index in [1.165, 1.54) is 5.56 Å². The van der Waals surface area contributed by atoms with Gasteiger partial charge in [0.1, 0.15) is 0 Å². The number of carbonyl (C=O) groups excluding carboxylic acids is 1. The van der Waals surface area contributed by atoms with E-state index in [0.29, 0.717) is 13.0 Å². The first-order valence-corrected chi connectivity index (χ1v) is 6.13. The van der Waals surface area contributed by atoms with Crippen molar-refractivity contribution in [3.05, 3.63) is 48.0 Å². The van der Waals surface area contributed by atoms with Crippen LogP contribution in [-0.4, -0.2) is 12.6 Å². The summed E-state index contributed by atoms with van der Waals surface area (Å²) in [5.41, 5.74) is 1.20. The largest absolute Gasteiger partial charge is 0.465 e. The molecule has 0 atom stereocenters. The van der Waals surface area contributed by atoms with Crippen molar-refractivity contribution in [1.29, 1.82) is 0 Å². The van der Waals surface area contributed by atoms with E-state index in [1.54, 1.807) is 0 Å². The Balaban J connectivity index is 2.08. The van der Waals surface area contributed by atoms with Crippen molar-refractivity contribution in [3.8, 4) is 0 Å². The summed E-state index contributed by atoms with van der Waals surface area (Å²) in [6.07, 6.45) is 7.19. The van der Waals surface area contributed by atoms with E-state index < -0.39 is 0 Å². The standard InChI is InChI=1S/C15H20O2/c1-2-3-4-8-11-15(16)17-13-12-14-9-6-5-7-10-14/h2-3,5-7,9-10H,4,8,11-13H2,1H3. The monoisotopic (exact) mass is 232 g/mol. The zero-order valence-electron chi connectivity index (χ0n) is 10.4. The van der Waals surface area contributed by atoms with Crippen LogP contribution in [0.5, 0.6) is 0 Å². The second-order valence-corrected chi connectivity index (χ2v) is 3.92. The maximum atomic E-state index is 11.4. The van der Waals surface area contributed by atoms with E-state index in [-0.39, 0.29) is 5.97 Å². The van der Waals surface area contributed by atoms with Crippen LogP contribution in [0.4, 0.5) is 0 Å². The van der Waals surface area contributed by atoms with Gasteiger partial charge >= 0.3 is 5.97 Å². The molecule has 0 fully saturated rings. The van der Waals surface area contributed by atoms with Gasteiger partial charge in [-0.1, -0.05) is 42.5 Å². The van der Waals surface area contributed by atoms with E-state index in [2.05, 4.69) is 6.08 Å². The minimum absolute atomic E-state index is 0.0922. The quantitative estimate of drug-likeness (QED) is 0.408. The van der Waals surface area contributed by atoms with Crippen LogP contribution >= 0.6 is 0 Å². The molecule has 0 saturated heterocycles. The lowest BCUT2D eigenvalue weighted by Gasteiger charge is -2.04. The summed E-state index contributed by atoms with van der Waals surface area (Å²) in [7, 11) is 0. The number of rotatable bonds is 7. The molecule has 0 saturated carbocycles. The van der Waals surface area contributed by atoms with E-state index >= 15 is 0 Å². The number of unbranched alkanes of at least 4 members (excludes halogenated alkanes) is 1. The zero-order chi connectivity index (χ0) is 12.3. The average molecular weight is 232 g/mol. The number of esters is 1. The summed E-state index contributed by atoms with van der Waals surface area (Å²) in [5, 5.41) is 0.